The SMILES string of the molecule is C#CCN(Cc1ccc(F)cc1)C(=O)C1Cc2cc(C)c(C)cc2O1. The highest BCUT2D eigenvalue weighted by Crippen LogP contribution is 2.32. The van der Waals surface area contributed by atoms with Crippen LogP contribution in [-0.4, -0.2) is 23.5 Å². The Morgan fingerprint density at radius 3 is 2.64 bits per heavy atom. The van der Waals surface area contributed by atoms with Gasteiger partial charge < -0.3 is 9.64 Å². The second kappa shape index (κ2) is 6.98. The van der Waals surface area contributed by atoms with Crippen LogP contribution in [0.4, 0.5) is 4.39 Å². The van der Waals surface area contributed by atoms with Crippen molar-refractivity contribution in [2.24, 2.45) is 0 Å². The van der Waals surface area contributed by atoms with Gasteiger partial charge in [-0.25, -0.2) is 4.39 Å². The standard InChI is InChI=1S/C21H20FNO2/c1-4-9-23(13-16-5-7-18(22)8-6-16)21(24)20-12-17-10-14(2)15(3)11-19(17)25-20/h1,5-8,10-11,20H,9,12-13H2,2-3H3. The van der Waals surface area contributed by atoms with Crippen LogP contribution in [0.15, 0.2) is 36.4 Å². The molecule has 0 spiro atoms. The van der Waals surface area contributed by atoms with Crippen LogP contribution in [0.5, 0.6) is 5.75 Å². The van der Waals surface area contributed by atoms with E-state index in [1.807, 2.05) is 19.9 Å². The third-order valence-corrected chi connectivity index (χ3v) is 4.51. The normalized spacial score (nSPS) is 15.2. The monoisotopic (exact) mass is 337 g/mol. The molecule has 3 nitrogen and oxygen atoms in total. The van der Waals surface area contributed by atoms with Crippen LogP contribution < -0.4 is 4.74 Å². The van der Waals surface area contributed by atoms with Crippen molar-refractivity contribution >= 4 is 5.91 Å². The Labute approximate surface area is 147 Å². The van der Waals surface area contributed by atoms with Gasteiger partial charge in [0, 0.05) is 13.0 Å². The molecule has 0 aromatic heterocycles. The lowest BCUT2D eigenvalue weighted by molar-refractivity contribution is -0.137. The Bertz CT molecular complexity index is 805. The molecule has 0 saturated heterocycles. The minimum absolute atomic E-state index is 0.145. The van der Waals surface area contributed by atoms with Crippen molar-refractivity contribution in [3.63, 3.8) is 0 Å². The second-order valence-corrected chi connectivity index (χ2v) is 6.38. The van der Waals surface area contributed by atoms with Crippen LogP contribution in [0.2, 0.25) is 0 Å². The van der Waals surface area contributed by atoms with Crippen LogP contribution in [-0.2, 0) is 17.8 Å². The fourth-order valence-corrected chi connectivity index (χ4v) is 2.99. The number of hydrogen-bond donors (Lipinski definition) is 0. The molecule has 1 aliphatic heterocycles. The minimum atomic E-state index is -0.565. The lowest BCUT2D eigenvalue weighted by Crippen LogP contribution is -2.41. The maximum absolute atomic E-state index is 13.1. The fourth-order valence-electron chi connectivity index (χ4n) is 2.99. The molecule has 1 unspecified atom stereocenters. The first-order valence-electron chi connectivity index (χ1n) is 8.21. The summed E-state index contributed by atoms with van der Waals surface area (Å²) in [5.41, 5.74) is 4.19. The number of fused-ring (bicyclic) bond motifs is 1. The van der Waals surface area contributed by atoms with Crippen LogP contribution >= 0.6 is 0 Å². The van der Waals surface area contributed by atoms with Crippen molar-refractivity contribution in [1.82, 2.24) is 4.90 Å². The van der Waals surface area contributed by atoms with Gasteiger partial charge in [-0.15, -0.1) is 6.42 Å². The van der Waals surface area contributed by atoms with E-state index in [1.54, 1.807) is 17.0 Å². The topological polar surface area (TPSA) is 29.5 Å². The molecule has 4 heteroatoms. The summed E-state index contributed by atoms with van der Waals surface area (Å²) >= 11 is 0. The van der Waals surface area contributed by atoms with Crippen LogP contribution in [0.1, 0.15) is 22.3 Å². The van der Waals surface area contributed by atoms with Gasteiger partial charge in [0.25, 0.3) is 5.91 Å². The summed E-state index contributed by atoms with van der Waals surface area (Å²) in [4.78, 5) is 14.4. The van der Waals surface area contributed by atoms with Crippen molar-refractivity contribution in [3.05, 3.63) is 64.5 Å². The van der Waals surface area contributed by atoms with Gasteiger partial charge in [0.2, 0.25) is 0 Å². The molecule has 0 aliphatic carbocycles. The van der Waals surface area contributed by atoms with Gasteiger partial charge in [0.15, 0.2) is 6.10 Å². The summed E-state index contributed by atoms with van der Waals surface area (Å²) in [5, 5.41) is 0. The zero-order valence-electron chi connectivity index (χ0n) is 14.4. The lowest BCUT2D eigenvalue weighted by Gasteiger charge is -2.23. The number of carbonyl (C=O) groups is 1. The van der Waals surface area contributed by atoms with E-state index in [4.69, 9.17) is 11.2 Å². The van der Waals surface area contributed by atoms with E-state index in [9.17, 15) is 9.18 Å². The van der Waals surface area contributed by atoms with E-state index >= 15 is 0 Å². The van der Waals surface area contributed by atoms with Crippen LogP contribution in [0.25, 0.3) is 0 Å². The number of amides is 1. The number of ether oxygens (including phenoxy) is 1. The van der Waals surface area contributed by atoms with Crippen molar-refractivity contribution < 1.29 is 13.9 Å². The highest BCUT2D eigenvalue weighted by atomic mass is 19.1. The number of rotatable bonds is 4. The van der Waals surface area contributed by atoms with Gasteiger partial charge in [-0.3, -0.25) is 4.79 Å². The number of terminal acetylenes is 1. The van der Waals surface area contributed by atoms with E-state index in [1.165, 1.54) is 17.7 Å². The van der Waals surface area contributed by atoms with E-state index in [2.05, 4.69) is 12.0 Å². The molecule has 128 valence electrons. The summed E-state index contributed by atoms with van der Waals surface area (Å²) in [6.07, 6.45) is 5.40. The molecule has 1 aliphatic rings. The van der Waals surface area contributed by atoms with Crippen LogP contribution in [0.3, 0.4) is 0 Å². The maximum atomic E-state index is 13.1. The predicted molar refractivity (Wildman–Crippen MR) is 94.7 cm³/mol. The first kappa shape index (κ1) is 17.0. The molecule has 0 radical (unpaired) electrons. The number of hydrogen-bond acceptors (Lipinski definition) is 2. The molecule has 0 fully saturated rings. The zero-order valence-corrected chi connectivity index (χ0v) is 14.4. The number of carbonyl (C=O) groups excluding carboxylic acids is 1. The largest absolute Gasteiger partial charge is 0.480 e. The minimum Gasteiger partial charge on any atom is -0.480 e. The third kappa shape index (κ3) is 3.66. The number of nitrogens with zero attached hydrogens (tertiary/aromatic N) is 1. The van der Waals surface area contributed by atoms with E-state index < -0.39 is 6.10 Å². The fraction of sp³-hybridized carbons (Fsp3) is 0.286. The summed E-state index contributed by atoms with van der Waals surface area (Å²) in [5.74, 6) is 2.83. The molecule has 25 heavy (non-hydrogen) atoms. The molecular formula is C21H20FNO2. The van der Waals surface area contributed by atoms with Crippen molar-refractivity contribution in [3.8, 4) is 18.1 Å². The molecule has 0 saturated carbocycles. The molecule has 1 heterocycles. The second-order valence-electron chi connectivity index (χ2n) is 6.38. The molecule has 3 rings (SSSR count). The molecule has 1 amide bonds. The Hall–Kier alpha value is -2.80. The van der Waals surface area contributed by atoms with Gasteiger partial charge in [-0.1, -0.05) is 24.1 Å². The maximum Gasteiger partial charge on any atom is 0.265 e. The average Bonchev–Trinajstić information content (AvgIpc) is 2.99. The predicted octanol–water partition coefficient (Wildman–Crippen LogP) is 3.41. The number of aryl methyl sites for hydroxylation is 2. The molecule has 0 bridgehead atoms. The van der Waals surface area contributed by atoms with Gasteiger partial charge in [0.1, 0.15) is 11.6 Å². The van der Waals surface area contributed by atoms with E-state index in [0.29, 0.717) is 13.0 Å². The molecule has 2 aromatic carbocycles. The van der Waals surface area contributed by atoms with Gasteiger partial charge in [-0.05, 0) is 54.3 Å². The molecular weight excluding hydrogens is 317 g/mol. The van der Waals surface area contributed by atoms with Gasteiger partial charge in [0.05, 0.1) is 6.54 Å². The highest BCUT2D eigenvalue weighted by molar-refractivity contribution is 5.83. The Kier molecular flexibility index (Phi) is 4.76. The first-order valence-corrected chi connectivity index (χ1v) is 8.21. The van der Waals surface area contributed by atoms with Crippen LogP contribution in [0, 0.1) is 32.0 Å². The lowest BCUT2D eigenvalue weighted by atomic mass is 10.0. The first-order chi connectivity index (χ1) is 12.0. The van der Waals surface area contributed by atoms with Crippen molar-refractivity contribution in [2.45, 2.75) is 32.9 Å². The zero-order chi connectivity index (χ0) is 18.0. The number of benzene rings is 2. The van der Waals surface area contributed by atoms with Gasteiger partial charge in [-0.2, -0.15) is 0 Å². The Morgan fingerprint density at radius 2 is 1.96 bits per heavy atom. The third-order valence-electron chi connectivity index (χ3n) is 4.51. The summed E-state index contributed by atoms with van der Waals surface area (Å²) in [6, 6.07) is 10.1. The highest BCUT2D eigenvalue weighted by Gasteiger charge is 2.32. The molecule has 1 atom stereocenters. The summed E-state index contributed by atoms with van der Waals surface area (Å²) < 4.78 is 18.9. The smallest absolute Gasteiger partial charge is 0.265 e. The quantitative estimate of drug-likeness (QED) is 0.800. The van der Waals surface area contributed by atoms with Crippen molar-refractivity contribution in [1.29, 1.82) is 0 Å². The summed E-state index contributed by atoms with van der Waals surface area (Å²) in [7, 11) is 0. The summed E-state index contributed by atoms with van der Waals surface area (Å²) in [6.45, 7) is 4.58. The van der Waals surface area contributed by atoms with Crippen molar-refractivity contribution in [2.75, 3.05) is 6.54 Å². The average molecular weight is 337 g/mol. The molecule has 0 N–H and O–H groups in total. The number of halogens is 1. The molecule has 2 aromatic rings. The Balaban J connectivity index is 1.75. The van der Waals surface area contributed by atoms with E-state index in [0.717, 1.165) is 22.4 Å². The van der Waals surface area contributed by atoms with Gasteiger partial charge >= 0.3 is 0 Å². The van der Waals surface area contributed by atoms with E-state index in [-0.39, 0.29) is 18.3 Å². The Morgan fingerprint density at radius 1 is 1.28 bits per heavy atom.